The highest BCUT2D eigenvalue weighted by Gasteiger charge is 2.25. The molecule has 0 spiro atoms. The summed E-state index contributed by atoms with van der Waals surface area (Å²) in [7, 11) is 0. The van der Waals surface area contributed by atoms with Crippen LogP contribution >= 0.6 is 0 Å². The van der Waals surface area contributed by atoms with Crippen molar-refractivity contribution in [2.45, 2.75) is 19.8 Å². The third kappa shape index (κ3) is 2.83. The molecule has 1 aliphatic rings. The van der Waals surface area contributed by atoms with Gasteiger partial charge in [0.15, 0.2) is 0 Å². The van der Waals surface area contributed by atoms with Crippen molar-refractivity contribution in [3.8, 4) is 0 Å². The fourth-order valence-corrected chi connectivity index (χ4v) is 2.57. The molecule has 0 saturated carbocycles. The molecule has 7 nitrogen and oxygen atoms in total. The first-order valence-corrected chi connectivity index (χ1v) is 7.25. The van der Waals surface area contributed by atoms with Crippen molar-refractivity contribution in [1.82, 2.24) is 9.97 Å². The van der Waals surface area contributed by atoms with Gasteiger partial charge < -0.3 is 10.2 Å². The van der Waals surface area contributed by atoms with Crippen LogP contribution < -0.4 is 10.2 Å². The standard InChI is InChI=1S/C15H17N5O2/c1-11-13(20(21)22)14(17-12-7-3-2-4-8-12)18-15(16-11)19-9-5-6-10-19/h2-4,7-8H,5-6,9-10H2,1H3,(H,16,17,18). The molecule has 0 bridgehead atoms. The molecule has 0 radical (unpaired) electrons. The van der Waals surface area contributed by atoms with E-state index in [0.717, 1.165) is 31.6 Å². The number of hydrogen-bond donors (Lipinski definition) is 1. The van der Waals surface area contributed by atoms with Gasteiger partial charge in [0.25, 0.3) is 0 Å². The number of nitrogens with one attached hydrogen (secondary N) is 1. The van der Waals surface area contributed by atoms with Crippen molar-refractivity contribution in [1.29, 1.82) is 0 Å². The maximum atomic E-state index is 11.3. The van der Waals surface area contributed by atoms with Crippen molar-refractivity contribution < 1.29 is 4.92 Å². The second-order valence-corrected chi connectivity index (χ2v) is 5.25. The molecule has 1 aromatic heterocycles. The number of para-hydroxylation sites is 1. The SMILES string of the molecule is Cc1nc(N2CCCC2)nc(Nc2ccccc2)c1[N+](=O)[O-]. The predicted octanol–water partition coefficient (Wildman–Crippen LogP) is 3.04. The summed E-state index contributed by atoms with van der Waals surface area (Å²) in [6.07, 6.45) is 2.20. The van der Waals surface area contributed by atoms with Crippen LogP contribution in [0.1, 0.15) is 18.5 Å². The van der Waals surface area contributed by atoms with Gasteiger partial charge in [-0.1, -0.05) is 18.2 Å². The molecule has 22 heavy (non-hydrogen) atoms. The number of hydrogen-bond acceptors (Lipinski definition) is 6. The molecule has 1 aromatic carbocycles. The first kappa shape index (κ1) is 14.2. The number of aryl methyl sites for hydroxylation is 1. The van der Waals surface area contributed by atoms with Crippen molar-refractivity contribution in [2.24, 2.45) is 0 Å². The van der Waals surface area contributed by atoms with Gasteiger partial charge in [-0.3, -0.25) is 10.1 Å². The van der Waals surface area contributed by atoms with E-state index in [4.69, 9.17) is 0 Å². The molecule has 0 unspecified atom stereocenters. The molecule has 1 saturated heterocycles. The summed E-state index contributed by atoms with van der Waals surface area (Å²) in [6.45, 7) is 3.43. The lowest BCUT2D eigenvalue weighted by Crippen LogP contribution is -2.21. The van der Waals surface area contributed by atoms with E-state index in [0.29, 0.717) is 11.6 Å². The Morgan fingerprint density at radius 1 is 1.18 bits per heavy atom. The smallest absolute Gasteiger partial charge is 0.332 e. The highest BCUT2D eigenvalue weighted by molar-refractivity contribution is 5.68. The molecule has 1 fully saturated rings. The van der Waals surface area contributed by atoms with Gasteiger partial charge in [-0.25, -0.2) is 4.98 Å². The molecule has 0 aliphatic carbocycles. The minimum Gasteiger partial charge on any atom is -0.341 e. The number of rotatable bonds is 4. The minimum absolute atomic E-state index is 0.0770. The monoisotopic (exact) mass is 299 g/mol. The lowest BCUT2D eigenvalue weighted by atomic mass is 10.3. The zero-order valence-corrected chi connectivity index (χ0v) is 12.3. The number of aromatic nitrogens is 2. The highest BCUT2D eigenvalue weighted by atomic mass is 16.6. The van der Waals surface area contributed by atoms with E-state index < -0.39 is 4.92 Å². The van der Waals surface area contributed by atoms with Crippen LogP contribution in [0.2, 0.25) is 0 Å². The maximum absolute atomic E-state index is 11.3. The number of benzene rings is 1. The van der Waals surface area contributed by atoms with Gasteiger partial charge in [-0.05, 0) is 31.9 Å². The largest absolute Gasteiger partial charge is 0.341 e. The summed E-state index contributed by atoms with van der Waals surface area (Å²) >= 11 is 0. The van der Waals surface area contributed by atoms with Gasteiger partial charge in [-0.15, -0.1) is 0 Å². The Hall–Kier alpha value is -2.70. The molecule has 7 heteroatoms. The molecule has 1 aliphatic heterocycles. The fourth-order valence-electron chi connectivity index (χ4n) is 2.57. The first-order valence-electron chi connectivity index (χ1n) is 7.25. The van der Waals surface area contributed by atoms with Crippen LogP contribution in [0.15, 0.2) is 30.3 Å². The maximum Gasteiger partial charge on any atom is 0.332 e. The van der Waals surface area contributed by atoms with Crippen LogP contribution in [-0.4, -0.2) is 28.0 Å². The van der Waals surface area contributed by atoms with Crippen molar-refractivity contribution in [3.05, 3.63) is 46.1 Å². The summed E-state index contributed by atoms with van der Waals surface area (Å²) in [4.78, 5) is 21.7. The lowest BCUT2D eigenvalue weighted by Gasteiger charge is -2.17. The van der Waals surface area contributed by atoms with Crippen molar-refractivity contribution >= 4 is 23.1 Å². The summed E-state index contributed by atoms with van der Waals surface area (Å²) in [6, 6.07) is 9.31. The van der Waals surface area contributed by atoms with Gasteiger partial charge in [0.05, 0.1) is 4.92 Å². The Balaban J connectivity index is 2.02. The number of nitrogens with zero attached hydrogens (tertiary/aromatic N) is 4. The zero-order valence-electron chi connectivity index (χ0n) is 12.3. The normalized spacial score (nSPS) is 14.1. The molecule has 114 valence electrons. The minimum atomic E-state index is -0.436. The quantitative estimate of drug-likeness (QED) is 0.690. The van der Waals surface area contributed by atoms with Crippen LogP contribution in [0.5, 0.6) is 0 Å². The molecule has 1 N–H and O–H groups in total. The Kier molecular flexibility index (Phi) is 3.86. The average Bonchev–Trinajstić information content (AvgIpc) is 3.01. The van der Waals surface area contributed by atoms with Crippen LogP contribution in [0.3, 0.4) is 0 Å². The van der Waals surface area contributed by atoms with Crippen LogP contribution in [0.25, 0.3) is 0 Å². The molecule has 2 aromatic rings. The third-order valence-electron chi connectivity index (χ3n) is 3.65. The van der Waals surface area contributed by atoms with E-state index >= 15 is 0 Å². The lowest BCUT2D eigenvalue weighted by molar-refractivity contribution is -0.385. The molecular weight excluding hydrogens is 282 g/mol. The highest BCUT2D eigenvalue weighted by Crippen LogP contribution is 2.30. The van der Waals surface area contributed by atoms with Crippen LogP contribution in [0, 0.1) is 17.0 Å². The third-order valence-corrected chi connectivity index (χ3v) is 3.65. The fraction of sp³-hybridized carbons (Fsp3) is 0.333. The number of nitro groups is 1. The van der Waals surface area contributed by atoms with Gasteiger partial charge in [-0.2, -0.15) is 4.98 Å². The molecular formula is C15H17N5O2. The van der Waals surface area contributed by atoms with Crippen molar-refractivity contribution in [2.75, 3.05) is 23.3 Å². The second kappa shape index (κ2) is 5.97. The second-order valence-electron chi connectivity index (χ2n) is 5.25. The van der Waals surface area contributed by atoms with E-state index in [1.807, 2.05) is 30.3 Å². The van der Waals surface area contributed by atoms with Crippen molar-refractivity contribution in [3.63, 3.8) is 0 Å². The Morgan fingerprint density at radius 3 is 2.50 bits per heavy atom. The van der Waals surface area contributed by atoms with E-state index in [1.165, 1.54) is 0 Å². The zero-order chi connectivity index (χ0) is 15.5. The molecule has 3 rings (SSSR count). The average molecular weight is 299 g/mol. The van der Waals surface area contributed by atoms with Crippen LogP contribution in [-0.2, 0) is 0 Å². The van der Waals surface area contributed by atoms with Gasteiger partial charge in [0, 0.05) is 18.8 Å². The summed E-state index contributed by atoms with van der Waals surface area (Å²) < 4.78 is 0. The Morgan fingerprint density at radius 2 is 1.86 bits per heavy atom. The van der Waals surface area contributed by atoms with E-state index in [1.54, 1.807) is 6.92 Å². The molecule has 0 atom stereocenters. The van der Waals surface area contributed by atoms with Gasteiger partial charge >= 0.3 is 5.69 Å². The first-order chi connectivity index (χ1) is 10.6. The van der Waals surface area contributed by atoms with Crippen LogP contribution in [0.4, 0.5) is 23.1 Å². The van der Waals surface area contributed by atoms with Gasteiger partial charge in [0.1, 0.15) is 5.69 Å². The summed E-state index contributed by atoms with van der Waals surface area (Å²) in [5.41, 5.74) is 1.06. The Bertz CT molecular complexity index is 684. The van der Waals surface area contributed by atoms with E-state index in [9.17, 15) is 10.1 Å². The van der Waals surface area contributed by atoms with Gasteiger partial charge in [0.2, 0.25) is 11.8 Å². The Labute approximate surface area is 128 Å². The molecule has 0 amide bonds. The summed E-state index contributed by atoms with van der Waals surface area (Å²) in [5.74, 6) is 0.796. The predicted molar refractivity (Wildman–Crippen MR) is 84.6 cm³/mol. The number of anilines is 3. The van der Waals surface area contributed by atoms with E-state index in [-0.39, 0.29) is 11.5 Å². The molecule has 2 heterocycles. The summed E-state index contributed by atoms with van der Waals surface area (Å²) in [5, 5.41) is 14.4. The topological polar surface area (TPSA) is 84.2 Å². The van der Waals surface area contributed by atoms with E-state index in [2.05, 4.69) is 20.2 Å².